The van der Waals surface area contributed by atoms with Crippen LogP contribution in [-0.4, -0.2) is 16.2 Å². The average Bonchev–Trinajstić information content (AvgIpc) is 2.34. The highest BCUT2D eigenvalue weighted by Gasteiger charge is 2.25. The summed E-state index contributed by atoms with van der Waals surface area (Å²) in [6.07, 6.45) is 5.50. The molecule has 1 saturated carbocycles. The lowest BCUT2D eigenvalue weighted by molar-refractivity contribution is 0.100. The molecule has 17 heavy (non-hydrogen) atoms. The lowest BCUT2D eigenvalue weighted by Gasteiger charge is -2.32. The van der Waals surface area contributed by atoms with Crippen LogP contribution in [0.15, 0.2) is 18.3 Å². The van der Waals surface area contributed by atoms with E-state index in [9.17, 15) is 0 Å². The molecule has 1 aromatic heterocycles. The predicted octanol–water partition coefficient (Wildman–Crippen LogP) is 2.78. The van der Waals surface area contributed by atoms with Gasteiger partial charge in [0.2, 0.25) is 0 Å². The van der Waals surface area contributed by atoms with Crippen molar-refractivity contribution >= 4 is 0 Å². The van der Waals surface area contributed by atoms with Crippen LogP contribution in [0.25, 0.3) is 0 Å². The summed E-state index contributed by atoms with van der Waals surface area (Å²) in [5.74, 6) is 2.36. The van der Waals surface area contributed by atoms with Crippen molar-refractivity contribution in [2.24, 2.45) is 11.8 Å². The highest BCUT2D eigenvalue weighted by molar-refractivity contribution is 5.22. The summed E-state index contributed by atoms with van der Waals surface area (Å²) in [5, 5.41) is 9.03. The van der Waals surface area contributed by atoms with E-state index >= 15 is 0 Å². The lowest BCUT2D eigenvalue weighted by Crippen LogP contribution is -2.28. The molecular weight excluding hydrogens is 214 g/mol. The molecule has 0 radical (unpaired) electrons. The summed E-state index contributed by atoms with van der Waals surface area (Å²) in [5.41, 5.74) is 0.666. The van der Waals surface area contributed by atoms with Gasteiger partial charge in [0.05, 0.1) is 18.4 Å². The van der Waals surface area contributed by atoms with Crippen LogP contribution >= 0.6 is 0 Å². The Morgan fingerprint density at radius 3 is 2.88 bits per heavy atom. The highest BCUT2D eigenvalue weighted by Crippen LogP contribution is 2.31. The van der Waals surface area contributed by atoms with E-state index in [1.54, 1.807) is 6.20 Å². The maximum Gasteiger partial charge on any atom is 0.123 e. The Morgan fingerprint density at radius 1 is 1.35 bits per heavy atom. The zero-order valence-corrected chi connectivity index (χ0v) is 10.6. The monoisotopic (exact) mass is 235 g/mol. The molecule has 1 aromatic rings. The Labute approximate surface area is 103 Å². The molecule has 1 N–H and O–H groups in total. The van der Waals surface area contributed by atoms with Crippen molar-refractivity contribution in [3.8, 4) is 5.75 Å². The molecule has 94 valence electrons. The van der Waals surface area contributed by atoms with Crippen molar-refractivity contribution in [3.63, 3.8) is 0 Å². The van der Waals surface area contributed by atoms with Gasteiger partial charge in [0.25, 0.3) is 0 Å². The second kappa shape index (κ2) is 5.50. The molecule has 3 heteroatoms. The van der Waals surface area contributed by atoms with Gasteiger partial charge in [-0.25, -0.2) is 0 Å². The SMILES string of the molecule is CC1CCC(Oc2ccnc(CO)c2)CC1C. The standard InChI is InChI=1S/C14H21NO2/c1-10-3-4-13(7-11(10)2)17-14-5-6-15-12(8-14)9-16/h5-6,8,10-11,13,16H,3-4,7,9H2,1-2H3. The molecule has 0 spiro atoms. The Bertz CT molecular complexity index is 367. The van der Waals surface area contributed by atoms with Crippen molar-refractivity contribution in [3.05, 3.63) is 24.0 Å². The number of hydrogen-bond donors (Lipinski definition) is 1. The van der Waals surface area contributed by atoms with Gasteiger partial charge in [0.15, 0.2) is 0 Å². The van der Waals surface area contributed by atoms with E-state index in [1.807, 2.05) is 12.1 Å². The molecule has 0 amide bonds. The largest absolute Gasteiger partial charge is 0.490 e. The van der Waals surface area contributed by atoms with E-state index in [4.69, 9.17) is 9.84 Å². The van der Waals surface area contributed by atoms with Gasteiger partial charge in [-0.1, -0.05) is 13.8 Å². The third-order valence-electron chi connectivity index (χ3n) is 3.80. The molecule has 1 fully saturated rings. The van der Waals surface area contributed by atoms with Crippen LogP contribution < -0.4 is 4.74 Å². The Balaban J connectivity index is 1.96. The summed E-state index contributed by atoms with van der Waals surface area (Å²) in [7, 11) is 0. The summed E-state index contributed by atoms with van der Waals surface area (Å²) in [4.78, 5) is 4.05. The smallest absolute Gasteiger partial charge is 0.123 e. The zero-order chi connectivity index (χ0) is 12.3. The van der Waals surface area contributed by atoms with Crippen LogP contribution in [0.2, 0.25) is 0 Å². The Kier molecular flexibility index (Phi) is 4.00. The molecular formula is C14H21NO2. The molecule has 3 atom stereocenters. The summed E-state index contributed by atoms with van der Waals surface area (Å²) in [6.45, 7) is 4.58. The second-order valence-electron chi connectivity index (χ2n) is 5.15. The van der Waals surface area contributed by atoms with E-state index in [0.717, 1.165) is 30.4 Å². The molecule has 1 aliphatic carbocycles. The number of nitrogens with zero attached hydrogens (tertiary/aromatic N) is 1. The van der Waals surface area contributed by atoms with Crippen molar-refractivity contribution < 1.29 is 9.84 Å². The van der Waals surface area contributed by atoms with Crippen molar-refractivity contribution in [2.75, 3.05) is 0 Å². The van der Waals surface area contributed by atoms with Gasteiger partial charge in [0, 0.05) is 12.3 Å². The van der Waals surface area contributed by atoms with Gasteiger partial charge >= 0.3 is 0 Å². The minimum Gasteiger partial charge on any atom is -0.490 e. The van der Waals surface area contributed by atoms with Gasteiger partial charge in [-0.05, 0) is 37.2 Å². The average molecular weight is 235 g/mol. The predicted molar refractivity (Wildman–Crippen MR) is 66.8 cm³/mol. The van der Waals surface area contributed by atoms with Gasteiger partial charge in [-0.3, -0.25) is 4.98 Å². The minimum atomic E-state index is -0.0324. The van der Waals surface area contributed by atoms with Crippen LogP contribution in [0.1, 0.15) is 38.8 Å². The number of hydrogen-bond acceptors (Lipinski definition) is 3. The molecule has 0 bridgehead atoms. The second-order valence-corrected chi connectivity index (χ2v) is 5.15. The normalized spacial score (nSPS) is 29.0. The van der Waals surface area contributed by atoms with E-state index < -0.39 is 0 Å². The van der Waals surface area contributed by atoms with Crippen LogP contribution in [-0.2, 0) is 6.61 Å². The number of aliphatic hydroxyl groups excluding tert-OH is 1. The van der Waals surface area contributed by atoms with Gasteiger partial charge < -0.3 is 9.84 Å². The number of aromatic nitrogens is 1. The molecule has 3 nitrogen and oxygen atoms in total. The van der Waals surface area contributed by atoms with Crippen molar-refractivity contribution in [2.45, 2.75) is 45.8 Å². The molecule has 2 rings (SSSR count). The molecule has 3 unspecified atom stereocenters. The van der Waals surface area contributed by atoms with Crippen LogP contribution in [0.5, 0.6) is 5.75 Å². The fourth-order valence-corrected chi connectivity index (χ4v) is 2.41. The first-order chi connectivity index (χ1) is 8.19. The third kappa shape index (κ3) is 3.19. The zero-order valence-electron chi connectivity index (χ0n) is 10.6. The maximum absolute atomic E-state index is 9.03. The molecule has 1 heterocycles. The fraction of sp³-hybridized carbons (Fsp3) is 0.643. The summed E-state index contributed by atoms with van der Waals surface area (Å²) >= 11 is 0. The van der Waals surface area contributed by atoms with Gasteiger partial charge in [-0.15, -0.1) is 0 Å². The fourth-order valence-electron chi connectivity index (χ4n) is 2.41. The maximum atomic E-state index is 9.03. The summed E-state index contributed by atoms with van der Waals surface area (Å²) < 4.78 is 5.97. The Morgan fingerprint density at radius 2 is 2.18 bits per heavy atom. The quantitative estimate of drug-likeness (QED) is 0.876. The third-order valence-corrected chi connectivity index (χ3v) is 3.80. The number of rotatable bonds is 3. The Hall–Kier alpha value is -1.09. The molecule has 0 aromatic carbocycles. The molecule has 0 aliphatic heterocycles. The summed E-state index contributed by atoms with van der Waals surface area (Å²) in [6, 6.07) is 3.69. The lowest BCUT2D eigenvalue weighted by atomic mass is 9.80. The van der Waals surface area contributed by atoms with Crippen LogP contribution in [0, 0.1) is 11.8 Å². The van der Waals surface area contributed by atoms with Crippen molar-refractivity contribution in [1.29, 1.82) is 0 Å². The minimum absolute atomic E-state index is 0.0324. The highest BCUT2D eigenvalue weighted by atomic mass is 16.5. The van der Waals surface area contributed by atoms with E-state index in [-0.39, 0.29) is 6.61 Å². The van der Waals surface area contributed by atoms with E-state index in [0.29, 0.717) is 11.8 Å². The first-order valence-corrected chi connectivity index (χ1v) is 6.41. The first kappa shape index (κ1) is 12.4. The topological polar surface area (TPSA) is 42.4 Å². The van der Waals surface area contributed by atoms with Crippen molar-refractivity contribution in [1.82, 2.24) is 4.98 Å². The number of aliphatic hydroxyl groups is 1. The van der Waals surface area contributed by atoms with Crippen LogP contribution in [0.4, 0.5) is 0 Å². The van der Waals surface area contributed by atoms with Gasteiger partial charge in [0.1, 0.15) is 5.75 Å². The molecule has 1 aliphatic rings. The van der Waals surface area contributed by atoms with Gasteiger partial charge in [-0.2, -0.15) is 0 Å². The number of ether oxygens (including phenoxy) is 1. The van der Waals surface area contributed by atoms with E-state index in [2.05, 4.69) is 18.8 Å². The van der Waals surface area contributed by atoms with E-state index in [1.165, 1.54) is 6.42 Å². The van der Waals surface area contributed by atoms with Crippen LogP contribution in [0.3, 0.4) is 0 Å². The first-order valence-electron chi connectivity index (χ1n) is 6.41. The molecule has 0 saturated heterocycles. The number of pyridine rings is 1.